The Kier molecular flexibility index (Phi) is 5.93. The van der Waals surface area contributed by atoms with Gasteiger partial charge < -0.3 is 15.3 Å². The van der Waals surface area contributed by atoms with Crippen LogP contribution >= 0.6 is 11.6 Å². The number of nitrogens with zero attached hydrogens (tertiary/aromatic N) is 5. The summed E-state index contributed by atoms with van der Waals surface area (Å²) in [4.78, 5) is 11.8. The second kappa shape index (κ2) is 8.74. The highest BCUT2D eigenvalue weighted by molar-refractivity contribution is 6.33. The summed E-state index contributed by atoms with van der Waals surface area (Å²) in [5.74, 6) is 0.577. The number of hydrogen-bond acceptors (Lipinski definition) is 5. The molecule has 8 nitrogen and oxygen atoms in total. The number of halogens is 1. The van der Waals surface area contributed by atoms with E-state index in [2.05, 4.69) is 10.2 Å². The molecule has 9 heteroatoms. The van der Waals surface area contributed by atoms with Crippen LogP contribution in [-0.2, 0) is 0 Å². The molecule has 0 amide bonds. The average Bonchev–Trinajstić information content (AvgIpc) is 3.14. The Morgan fingerprint density at radius 1 is 0.857 bits per heavy atom. The van der Waals surface area contributed by atoms with E-state index in [0.717, 1.165) is 16.9 Å². The van der Waals surface area contributed by atoms with Gasteiger partial charge in [0, 0.05) is 4.80 Å². The van der Waals surface area contributed by atoms with E-state index >= 15 is 0 Å². The zero-order chi connectivity index (χ0) is 19.9. The molecular formula is C19H14ClN5O3. The molecule has 0 saturated heterocycles. The molecule has 0 radical (unpaired) electrons. The Morgan fingerprint density at radius 2 is 1.39 bits per heavy atom. The van der Waals surface area contributed by atoms with Crippen LogP contribution in [0.25, 0.3) is 22.8 Å². The van der Waals surface area contributed by atoms with Crippen molar-refractivity contribution in [3.63, 3.8) is 0 Å². The maximum absolute atomic E-state index is 8.25. The lowest BCUT2D eigenvalue weighted by Gasteiger charge is -1.98. The van der Waals surface area contributed by atoms with Crippen LogP contribution in [0.2, 0.25) is 5.02 Å². The van der Waals surface area contributed by atoms with E-state index in [0.29, 0.717) is 10.8 Å². The van der Waals surface area contributed by atoms with Gasteiger partial charge in [-0.2, -0.15) is 0 Å². The summed E-state index contributed by atoms with van der Waals surface area (Å²) in [6.07, 6.45) is 0. The maximum atomic E-state index is 8.25. The fourth-order valence-corrected chi connectivity index (χ4v) is 2.71. The second-order valence-electron chi connectivity index (χ2n) is 5.48. The summed E-state index contributed by atoms with van der Waals surface area (Å²) in [7, 11) is 0. The van der Waals surface area contributed by atoms with E-state index in [1.807, 2.05) is 84.9 Å². The van der Waals surface area contributed by atoms with Crippen molar-refractivity contribution < 1.29 is 9.88 Å². The van der Waals surface area contributed by atoms with Crippen LogP contribution in [0.3, 0.4) is 0 Å². The molecule has 4 aromatic rings. The highest BCUT2D eigenvalue weighted by Gasteiger charge is 2.24. The lowest BCUT2D eigenvalue weighted by molar-refractivity contribution is -0.734. The Hall–Kier alpha value is -3.78. The van der Waals surface area contributed by atoms with Crippen molar-refractivity contribution in [3.8, 4) is 22.8 Å². The van der Waals surface area contributed by atoms with Gasteiger partial charge in [0.05, 0.1) is 20.8 Å². The lowest BCUT2D eigenvalue weighted by atomic mass is 10.2. The van der Waals surface area contributed by atoms with Gasteiger partial charge in [-0.25, -0.2) is 0 Å². The molecule has 1 heterocycles. The smallest absolute Gasteiger partial charge is 0.341 e. The number of rotatable bonds is 3. The Morgan fingerprint density at radius 3 is 2.00 bits per heavy atom. The van der Waals surface area contributed by atoms with Crippen molar-refractivity contribution in [1.82, 2.24) is 15.0 Å². The topological polar surface area (TPSA) is 101 Å². The summed E-state index contributed by atoms with van der Waals surface area (Å²) >= 11 is 6.31. The van der Waals surface area contributed by atoms with Gasteiger partial charge >= 0.3 is 5.82 Å². The molecule has 0 bridgehead atoms. The molecule has 4 rings (SSSR count). The molecule has 0 aliphatic carbocycles. The number of tetrazole rings is 1. The van der Waals surface area contributed by atoms with Gasteiger partial charge in [-0.15, -0.1) is 0 Å². The van der Waals surface area contributed by atoms with Crippen LogP contribution < -0.4 is 4.80 Å². The van der Waals surface area contributed by atoms with Crippen LogP contribution in [0, 0.1) is 15.3 Å². The third-order valence-electron chi connectivity index (χ3n) is 3.65. The minimum absolute atomic E-state index is 0.577. The van der Waals surface area contributed by atoms with E-state index in [9.17, 15) is 0 Å². The van der Waals surface area contributed by atoms with Crippen LogP contribution in [0.1, 0.15) is 0 Å². The van der Waals surface area contributed by atoms with Crippen molar-refractivity contribution in [1.29, 1.82) is 0 Å². The van der Waals surface area contributed by atoms with Crippen molar-refractivity contribution >= 4 is 11.6 Å². The zero-order valence-corrected chi connectivity index (χ0v) is 15.2. The zero-order valence-electron chi connectivity index (χ0n) is 14.4. The molecule has 28 heavy (non-hydrogen) atoms. The van der Waals surface area contributed by atoms with Crippen molar-refractivity contribution in [2.45, 2.75) is 0 Å². The molecule has 0 N–H and O–H groups in total. The van der Waals surface area contributed by atoms with Crippen LogP contribution in [0.5, 0.6) is 0 Å². The highest BCUT2D eigenvalue weighted by Crippen LogP contribution is 2.24. The Labute approximate surface area is 165 Å². The lowest BCUT2D eigenvalue weighted by Crippen LogP contribution is -2.43. The standard InChI is InChI=1S/C19H14ClN4.NO3/c20-18-14-8-7-13-17(18)19-21-23(15-9-3-1-4-10-15)24(22-19)16-11-5-2-6-12-16;2-1(3)4/h1-14H;/q+1;-1. The first kappa shape index (κ1) is 19.0. The minimum Gasteiger partial charge on any atom is -0.356 e. The third-order valence-corrected chi connectivity index (χ3v) is 3.98. The molecule has 0 aliphatic rings. The number of hydrogen-bond donors (Lipinski definition) is 0. The van der Waals surface area contributed by atoms with Crippen molar-refractivity contribution in [2.24, 2.45) is 0 Å². The van der Waals surface area contributed by atoms with Crippen LogP contribution in [0.15, 0.2) is 84.9 Å². The second-order valence-corrected chi connectivity index (χ2v) is 5.88. The van der Waals surface area contributed by atoms with Gasteiger partial charge in [-0.3, -0.25) is 0 Å². The van der Waals surface area contributed by atoms with E-state index in [1.165, 1.54) is 0 Å². The Balaban J connectivity index is 0.000000516. The van der Waals surface area contributed by atoms with E-state index < -0.39 is 5.09 Å². The van der Waals surface area contributed by atoms with Crippen LogP contribution in [-0.4, -0.2) is 20.1 Å². The van der Waals surface area contributed by atoms with Crippen LogP contribution in [0.4, 0.5) is 0 Å². The first-order chi connectivity index (χ1) is 13.6. The maximum Gasteiger partial charge on any atom is 0.341 e. The van der Waals surface area contributed by atoms with Gasteiger partial charge in [0.15, 0.2) is 5.69 Å². The number of aromatic nitrogens is 4. The van der Waals surface area contributed by atoms with E-state index in [1.54, 1.807) is 9.59 Å². The normalized spacial score (nSPS) is 10.0. The summed E-state index contributed by atoms with van der Waals surface area (Å²) < 4.78 is 0. The van der Waals surface area contributed by atoms with Gasteiger partial charge in [0.1, 0.15) is 5.69 Å². The first-order valence-electron chi connectivity index (χ1n) is 8.13. The predicted molar refractivity (Wildman–Crippen MR) is 104 cm³/mol. The molecule has 1 aromatic heterocycles. The molecule has 0 atom stereocenters. The van der Waals surface area contributed by atoms with Gasteiger partial charge in [-0.05, 0) is 46.3 Å². The fraction of sp³-hybridized carbons (Fsp3) is 0. The summed E-state index contributed by atoms with van der Waals surface area (Å²) in [6, 6.07) is 27.4. The summed E-state index contributed by atoms with van der Waals surface area (Å²) in [5, 5.41) is 24.7. The quantitative estimate of drug-likeness (QED) is 0.299. The van der Waals surface area contributed by atoms with Crippen molar-refractivity contribution in [2.75, 3.05) is 0 Å². The predicted octanol–water partition coefficient (Wildman–Crippen LogP) is 3.63. The van der Waals surface area contributed by atoms with Gasteiger partial charge in [0.2, 0.25) is 0 Å². The average molecular weight is 396 g/mol. The highest BCUT2D eigenvalue weighted by atomic mass is 35.5. The minimum atomic E-state index is -1.75. The largest absolute Gasteiger partial charge is 0.356 e. The first-order valence-corrected chi connectivity index (χ1v) is 8.51. The summed E-state index contributed by atoms with van der Waals surface area (Å²) in [5.41, 5.74) is 2.65. The monoisotopic (exact) mass is 395 g/mol. The van der Waals surface area contributed by atoms with Crippen molar-refractivity contribution in [3.05, 3.63) is 105 Å². The van der Waals surface area contributed by atoms with Gasteiger partial charge in [0.25, 0.3) is 0 Å². The molecule has 140 valence electrons. The SMILES string of the molecule is Clc1ccccc1-c1nn(-c2ccccc2)[n+](-c2ccccc2)n1.O=[N+]([O-])[O-]. The molecule has 0 fully saturated rings. The summed E-state index contributed by atoms with van der Waals surface area (Å²) in [6.45, 7) is 0. The molecule has 0 saturated carbocycles. The van der Waals surface area contributed by atoms with Gasteiger partial charge in [-0.1, -0.05) is 60.1 Å². The van der Waals surface area contributed by atoms with E-state index in [-0.39, 0.29) is 0 Å². The molecule has 3 aromatic carbocycles. The molecule has 0 spiro atoms. The fourth-order valence-electron chi connectivity index (χ4n) is 2.49. The third kappa shape index (κ3) is 4.49. The molecular weight excluding hydrogens is 382 g/mol. The van der Waals surface area contributed by atoms with E-state index in [4.69, 9.17) is 26.9 Å². The Bertz CT molecular complexity index is 1010. The number of para-hydroxylation sites is 2. The number of benzene rings is 3. The molecule has 0 aliphatic heterocycles. The molecule has 0 unspecified atom stereocenters.